The van der Waals surface area contributed by atoms with Gasteiger partial charge in [-0.2, -0.15) is 0 Å². The molecule has 0 bridgehead atoms. The Morgan fingerprint density at radius 1 is 0.896 bits per heavy atom. The van der Waals surface area contributed by atoms with Gasteiger partial charge in [0.2, 0.25) is 0 Å². The number of fused-ring (bicyclic) bond motifs is 4. The highest BCUT2D eigenvalue weighted by Gasteiger charge is 2.34. The van der Waals surface area contributed by atoms with Crippen LogP contribution in [0.25, 0.3) is 22.5 Å². The fraction of sp³-hybridized carbons (Fsp3) is 0.150. The van der Waals surface area contributed by atoms with Crippen LogP contribution in [0.15, 0.2) is 123 Å². The van der Waals surface area contributed by atoms with E-state index < -0.39 is 0 Å². The first-order valence-electron chi connectivity index (χ1n) is 15.8. The van der Waals surface area contributed by atoms with Crippen molar-refractivity contribution in [2.75, 3.05) is 14.2 Å². The average molecular weight is 716 g/mol. The van der Waals surface area contributed by atoms with Gasteiger partial charge in [-0.15, -0.1) is 0 Å². The summed E-state index contributed by atoms with van der Waals surface area (Å²) < 4.78 is 21.1. The highest BCUT2D eigenvalue weighted by molar-refractivity contribution is 9.10. The SMILES string of the molecule is COc1ccccc1[C@@H]1C2=C(N=c3s/c(=C\c4cc(Br)c(OCc5cccc6ccccc56)c(OC)c4)c(=O)n31)c1ccccc1CC2. The Morgan fingerprint density at radius 3 is 2.54 bits per heavy atom. The van der Waals surface area contributed by atoms with E-state index in [2.05, 4.69) is 70.5 Å². The molecule has 0 fully saturated rings. The molecule has 1 atom stereocenters. The summed E-state index contributed by atoms with van der Waals surface area (Å²) in [5.41, 5.74) is 7.25. The van der Waals surface area contributed by atoms with E-state index in [4.69, 9.17) is 19.2 Å². The van der Waals surface area contributed by atoms with E-state index in [9.17, 15) is 4.79 Å². The van der Waals surface area contributed by atoms with Crippen molar-refractivity contribution in [3.8, 4) is 17.2 Å². The van der Waals surface area contributed by atoms with E-state index in [0.717, 1.165) is 62.0 Å². The molecule has 0 spiro atoms. The first kappa shape index (κ1) is 30.4. The summed E-state index contributed by atoms with van der Waals surface area (Å²) in [4.78, 5) is 20.2. The average Bonchev–Trinajstić information content (AvgIpc) is 3.43. The number of aryl methyl sites for hydroxylation is 1. The summed E-state index contributed by atoms with van der Waals surface area (Å²) in [6, 6.07) is 34.4. The summed E-state index contributed by atoms with van der Waals surface area (Å²) in [7, 11) is 3.30. The van der Waals surface area contributed by atoms with Gasteiger partial charge in [0.15, 0.2) is 16.3 Å². The molecule has 6 aromatic rings. The third kappa shape index (κ3) is 5.25. The lowest BCUT2D eigenvalue weighted by molar-refractivity contribution is 0.283. The van der Waals surface area contributed by atoms with Crippen molar-refractivity contribution in [3.05, 3.63) is 161 Å². The molecule has 0 saturated heterocycles. The predicted molar refractivity (Wildman–Crippen MR) is 195 cm³/mol. The zero-order chi connectivity index (χ0) is 32.8. The van der Waals surface area contributed by atoms with Crippen molar-refractivity contribution in [3.63, 3.8) is 0 Å². The van der Waals surface area contributed by atoms with Crippen molar-refractivity contribution in [2.45, 2.75) is 25.5 Å². The van der Waals surface area contributed by atoms with Gasteiger partial charge < -0.3 is 14.2 Å². The van der Waals surface area contributed by atoms with Crippen LogP contribution in [0.2, 0.25) is 0 Å². The van der Waals surface area contributed by atoms with Gasteiger partial charge in [0.1, 0.15) is 12.4 Å². The maximum Gasteiger partial charge on any atom is 0.271 e. The highest BCUT2D eigenvalue weighted by Crippen LogP contribution is 2.43. The topological polar surface area (TPSA) is 62.0 Å². The Balaban J connectivity index is 1.22. The number of nitrogens with zero attached hydrogens (tertiary/aromatic N) is 2. The number of rotatable bonds is 7. The van der Waals surface area contributed by atoms with Crippen LogP contribution in [0, 0.1) is 0 Å². The molecule has 0 amide bonds. The first-order valence-corrected chi connectivity index (χ1v) is 17.4. The maximum atomic E-state index is 14.3. The van der Waals surface area contributed by atoms with Crippen LogP contribution in [-0.2, 0) is 13.0 Å². The normalized spacial score (nSPS) is 15.4. The van der Waals surface area contributed by atoms with Crippen LogP contribution < -0.4 is 29.1 Å². The van der Waals surface area contributed by atoms with Gasteiger partial charge >= 0.3 is 0 Å². The standard InChI is InChI=1S/C40H31BrN2O4S/c1-45-33-17-8-7-16-30(33)37-31-19-18-26-11-4-6-15-29(26)36(31)42-40-43(37)39(44)35(48-40)22-24-20-32(41)38(34(21-24)46-2)47-23-27-13-9-12-25-10-3-5-14-28(25)27/h3-17,20-22,37H,18-19,23H2,1-2H3/b35-22-/t37-/m1/s1. The molecular weight excluding hydrogens is 684 g/mol. The molecule has 0 N–H and O–H groups in total. The summed E-state index contributed by atoms with van der Waals surface area (Å²) in [5, 5.41) is 2.32. The number of ether oxygens (including phenoxy) is 3. The van der Waals surface area contributed by atoms with Gasteiger partial charge in [0, 0.05) is 11.1 Å². The van der Waals surface area contributed by atoms with Crippen LogP contribution in [-0.4, -0.2) is 18.8 Å². The summed E-state index contributed by atoms with van der Waals surface area (Å²) in [5.74, 6) is 1.92. The number of hydrogen-bond acceptors (Lipinski definition) is 6. The zero-order valence-corrected chi connectivity index (χ0v) is 28.8. The Morgan fingerprint density at radius 2 is 1.67 bits per heavy atom. The number of hydrogen-bond donors (Lipinski definition) is 0. The number of methoxy groups -OCH3 is 2. The summed E-state index contributed by atoms with van der Waals surface area (Å²) in [6.07, 6.45) is 3.61. The molecule has 2 heterocycles. The molecule has 1 aliphatic carbocycles. The van der Waals surface area contributed by atoms with Gasteiger partial charge in [0.25, 0.3) is 5.56 Å². The van der Waals surface area contributed by atoms with Crippen LogP contribution in [0.3, 0.4) is 0 Å². The minimum atomic E-state index is -0.325. The van der Waals surface area contributed by atoms with Crippen molar-refractivity contribution in [2.24, 2.45) is 4.99 Å². The largest absolute Gasteiger partial charge is 0.496 e. The minimum absolute atomic E-state index is 0.0913. The molecule has 1 aliphatic heterocycles. The van der Waals surface area contributed by atoms with E-state index in [0.29, 0.717) is 27.4 Å². The Kier molecular flexibility index (Phi) is 7.98. The number of para-hydroxylation sites is 1. The van der Waals surface area contributed by atoms with Crippen molar-refractivity contribution >= 4 is 49.8 Å². The second-order valence-corrected chi connectivity index (χ2v) is 13.7. The van der Waals surface area contributed by atoms with Crippen molar-refractivity contribution < 1.29 is 14.2 Å². The summed E-state index contributed by atoms with van der Waals surface area (Å²) >= 11 is 5.12. The minimum Gasteiger partial charge on any atom is -0.496 e. The third-order valence-electron chi connectivity index (χ3n) is 9.11. The van der Waals surface area contributed by atoms with Gasteiger partial charge in [-0.3, -0.25) is 9.36 Å². The molecule has 8 rings (SSSR count). The van der Waals surface area contributed by atoms with E-state index in [1.165, 1.54) is 22.3 Å². The molecule has 6 nitrogen and oxygen atoms in total. The smallest absolute Gasteiger partial charge is 0.271 e. The molecule has 1 aromatic heterocycles. The van der Waals surface area contributed by atoms with Crippen LogP contribution >= 0.6 is 27.3 Å². The maximum absolute atomic E-state index is 14.3. The predicted octanol–water partition coefficient (Wildman–Crippen LogP) is 7.83. The molecule has 0 unspecified atom stereocenters. The van der Waals surface area contributed by atoms with E-state index >= 15 is 0 Å². The number of thiazole rings is 1. The zero-order valence-electron chi connectivity index (χ0n) is 26.4. The van der Waals surface area contributed by atoms with E-state index in [-0.39, 0.29) is 11.6 Å². The monoisotopic (exact) mass is 714 g/mol. The lowest BCUT2D eigenvalue weighted by Gasteiger charge is -2.31. The molecular formula is C40H31BrN2O4S. The first-order chi connectivity index (χ1) is 23.5. The van der Waals surface area contributed by atoms with Gasteiger partial charge in [-0.05, 0) is 86.1 Å². The Labute approximate surface area is 290 Å². The number of halogens is 1. The van der Waals surface area contributed by atoms with Crippen molar-refractivity contribution in [1.82, 2.24) is 4.57 Å². The molecule has 0 radical (unpaired) electrons. The molecule has 238 valence electrons. The highest BCUT2D eigenvalue weighted by atomic mass is 79.9. The van der Waals surface area contributed by atoms with Crippen LogP contribution in [0.5, 0.6) is 17.2 Å². The van der Waals surface area contributed by atoms with Crippen LogP contribution in [0.4, 0.5) is 0 Å². The Hall–Kier alpha value is -4.92. The second-order valence-electron chi connectivity index (χ2n) is 11.8. The van der Waals surface area contributed by atoms with Gasteiger partial charge in [0.05, 0.1) is 35.0 Å². The lowest BCUT2D eigenvalue weighted by Crippen LogP contribution is -2.39. The number of allylic oxidation sites excluding steroid dienone is 1. The third-order valence-corrected chi connectivity index (χ3v) is 10.7. The Bertz CT molecular complexity index is 2440. The fourth-order valence-corrected chi connectivity index (χ4v) is 8.45. The molecule has 5 aromatic carbocycles. The quantitative estimate of drug-likeness (QED) is 0.169. The lowest BCUT2D eigenvalue weighted by atomic mass is 9.83. The van der Waals surface area contributed by atoms with E-state index in [1.54, 1.807) is 14.2 Å². The van der Waals surface area contributed by atoms with Gasteiger partial charge in [-0.25, -0.2) is 4.99 Å². The number of aromatic nitrogens is 1. The van der Waals surface area contributed by atoms with Crippen LogP contribution in [0.1, 0.15) is 40.3 Å². The fourth-order valence-electron chi connectivity index (χ4n) is 6.87. The van der Waals surface area contributed by atoms with E-state index in [1.807, 2.05) is 59.2 Å². The second kappa shape index (κ2) is 12.6. The molecule has 48 heavy (non-hydrogen) atoms. The van der Waals surface area contributed by atoms with Gasteiger partial charge in [-0.1, -0.05) is 96.3 Å². The van der Waals surface area contributed by atoms with Crippen molar-refractivity contribution in [1.29, 1.82) is 0 Å². The number of benzene rings is 5. The molecule has 8 heteroatoms. The molecule has 0 saturated carbocycles. The summed E-state index contributed by atoms with van der Waals surface area (Å²) in [6.45, 7) is 0.380. The molecule has 2 aliphatic rings.